The number of unbranched alkanes of at least 4 members (excludes halogenated alkanes) is 3. The summed E-state index contributed by atoms with van der Waals surface area (Å²) in [6.07, 6.45) is 14.5. The van der Waals surface area contributed by atoms with Gasteiger partial charge in [-0.3, -0.25) is 0 Å². The van der Waals surface area contributed by atoms with E-state index in [-0.39, 0.29) is 0 Å². The molecule has 0 fully saturated rings. The van der Waals surface area contributed by atoms with Crippen LogP contribution < -0.4 is 10.2 Å². The number of hydrogen-bond acceptors (Lipinski definition) is 2. The number of hydrogen-bond donors (Lipinski definition) is 2. The van der Waals surface area contributed by atoms with Crippen molar-refractivity contribution in [1.82, 2.24) is 10.2 Å². The second kappa shape index (κ2) is 20.0. The molecule has 0 amide bonds. The minimum atomic E-state index is -1.34. The van der Waals surface area contributed by atoms with Crippen LogP contribution in [0.4, 0.5) is 0 Å². The summed E-state index contributed by atoms with van der Waals surface area (Å²) in [5, 5.41) is 8.11. The van der Waals surface area contributed by atoms with E-state index in [0.29, 0.717) is 0 Å². The maximum atomic E-state index is 4.06. The van der Waals surface area contributed by atoms with Crippen LogP contribution in [-0.2, 0) is 25.7 Å². The van der Waals surface area contributed by atoms with Gasteiger partial charge in [0, 0.05) is 0 Å². The summed E-state index contributed by atoms with van der Waals surface area (Å²) in [7, 11) is 0. The molecule has 234 valence electrons. The second-order valence-corrected chi connectivity index (χ2v) is 26.6. The molecule has 2 N–H and O–H groups in total. The molecule has 4 aromatic carbocycles. The van der Waals surface area contributed by atoms with E-state index < -0.39 is 11.3 Å². The van der Waals surface area contributed by atoms with E-state index in [1.54, 1.807) is 0 Å². The summed E-state index contributed by atoms with van der Waals surface area (Å²) in [4.78, 5) is 0. The van der Waals surface area contributed by atoms with Crippen LogP contribution in [0.3, 0.4) is 0 Å². The molecule has 44 heavy (non-hydrogen) atoms. The molecule has 0 radical (unpaired) electrons. The third kappa shape index (κ3) is 14.0. The van der Waals surface area contributed by atoms with Crippen molar-refractivity contribution in [2.45, 2.75) is 51.4 Å². The molecular formula is C38H50N2P2Se2. The van der Waals surface area contributed by atoms with Crippen LogP contribution in [0.15, 0.2) is 121 Å². The van der Waals surface area contributed by atoms with Gasteiger partial charge < -0.3 is 0 Å². The van der Waals surface area contributed by atoms with Gasteiger partial charge in [-0.1, -0.05) is 0 Å². The monoisotopic (exact) mass is 756 g/mol. The van der Waals surface area contributed by atoms with E-state index in [1.807, 2.05) is 0 Å². The Morgan fingerprint density at radius 1 is 0.364 bits per heavy atom. The quantitative estimate of drug-likeness (QED) is 0.0506. The van der Waals surface area contributed by atoms with Crippen molar-refractivity contribution in [3.05, 3.63) is 144 Å². The first-order valence-electron chi connectivity index (χ1n) is 16.3. The van der Waals surface area contributed by atoms with Gasteiger partial charge in [-0.2, -0.15) is 0 Å². The van der Waals surface area contributed by atoms with Gasteiger partial charge in [0.15, 0.2) is 0 Å². The molecule has 6 heteroatoms. The molecule has 0 aliphatic rings. The van der Waals surface area contributed by atoms with E-state index in [1.165, 1.54) is 72.6 Å². The Kier molecular flexibility index (Phi) is 16.2. The molecule has 0 unspecified atom stereocenters. The summed E-state index contributed by atoms with van der Waals surface area (Å²) < 4.78 is 0. The molecule has 4 rings (SSSR count). The summed E-state index contributed by atoms with van der Waals surface area (Å²) in [5.41, 5.74) is 3.11. The van der Waals surface area contributed by atoms with Crippen molar-refractivity contribution < 1.29 is 0 Å². The third-order valence-electron chi connectivity index (χ3n) is 8.32. The molecule has 0 aliphatic carbocycles. The predicted octanol–water partition coefficient (Wildman–Crippen LogP) is 8.73. The van der Waals surface area contributed by atoms with Crippen LogP contribution >= 0.6 is 11.3 Å². The fourth-order valence-electron chi connectivity index (χ4n) is 5.53. The van der Waals surface area contributed by atoms with Crippen LogP contribution in [0.5, 0.6) is 0 Å². The van der Waals surface area contributed by atoms with E-state index >= 15 is 0 Å². The third-order valence-corrected chi connectivity index (χ3v) is 19.9. The average Bonchev–Trinajstić information content (AvgIpc) is 3.08. The van der Waals surface area contributed by atoms with Gasteiger partial charge in [-0.15, -0.1) is 0 Å². The number of nitrogens with one attached hydrogen (secondary N) is 2. The van der Waals surface area contributed by atoms with Gasteiger partial charge in [-0.25, -0.2) is 0 Å². The predicted molar refractivity (Wildman–Crippen MR) is 200 cm³/mol. The van der Waals surface area contributed by atoms with Crippen LogP contribution in [0.2, 0.25) is 0 Å². The van der Waals surface area contributed by atoms with E-state index in [2.05, 4.69) is 162 Å². The van der Waals surface area contributed by atoms with E-state index in [4.69, 9.17) is 0 Å². The fourth-order valence-corrected chi connectivity index (χ4v) is 13.7. The van der Waals surface area contributed by atoms with Gasteiger partial charge in [0.2, 0.25) is 0 Å². The van der Waals surface area contributed by atoms with Crippen LogP contribution in [-0.4, -0.2) is 67.9 Å². The first-order chi connectivity index (χ1) is 21.5. The van der Waals surface area contributed by atoms with Gasteiger partial charge >= 0.3 is 284 Å². The van der Waals surface area contributed by atoms with Crippen LogP contribution in [0, 0.1) is 0 Å². The number of aryl methyl sites for hydroxylation is 4. The molecular weight excluding hydrogens is 704 g/mol. The Labute approximate surface area is 282 Å². The first-order valence-corrected chi connectivity index (χ1v) is 25.1. The summed E-state index contributed by atoms with van der Waals surface area (Å²) in [6.45, 7) is 2.23. The number of rotatable bonds is 21. The molecule has 0 aliphatic heterocycles. The molecule has 0 aromatic heterocycles. The molecule has 0 bridgehead atoms. The minimum absolute atomic E-state index is 1.12. The summed E-state index contributed by atoms with van der Waals surface area (Å²) >= 11 is 7.39. The molecule has 0 heterocycles. The van der Waals surface area contributed by atoms with Gasteiger partial charge in [0.1, 0.15) is 0 Å². The Hall–Kier alpha value is -1.30. The van der Waals surface area contributed by atoms with Crippen molar-refractivity contribution in [1.29, 1.82) is 0 Å². The zero-order valence-electron chi connectivity index (χ0n) is 26.2. The van der Waals surface area contributed by atoms with Crippen LogP contribution in [0.25, 0.3) is 0 Å². The molecule has 2 nitrogen and oxygen atoms in total. The zero-order chi connectivity index (χ0) is 30.8. The molecule has 4 aromatic rings. The standard InChI is InChI=1S/C38H50N2P2Se2/c43-41(31-25-35-17-7-3-8-18-35,32-26-36-19-9-4-10-20-36)39-29-15-1-2-16-30-40-42(44,33-27-37-21-11-5-12-22-37)34-28-38-23-13-6-14-24-38/h3-14,17-24H,1-2,15-16,25-34H2,(H,39,43)(H,40,44). The molecule has 0 spiro atoms. The first kappa shape index (κ1) is 35.6. The Morgan fingerprint density at radius 2 is 0.614 bits per heavy atom. The SMILES string of the molecule is [Se]=P(CCc1ccccc1)(CCc1ccccc1)NCCCCCCNP(=[Se])(CCc1ccccc1)CCc1ccccc1. The average molecular weight is 755 g/mol. The summed E-state index contributed by atoms with van der Waals surface area (Å²) in [5.74, 6) is 0. The van der Waals surface area contributed by atoms with Crippen LogP contribution in [0.1, 0.15) is 47.9 Å². The van der Waals surface area contributed by atoms with Gasteiger partial charge in [0.25, 0.3) is 0 Å². The maximum absolute atomic E-state index is 4.06. The molecule has 0 saturated heterocycles. The number of benzene rings is 4. The molecule has 0 atom stereocenters. The fraction of sp³-hybridized carbons (Fsp3) is 0.368. The van der Waals surface area contributed by atoms with Crippen molar-refractivity contribution in [2.24, 2.45) is 0 Å². The van der Waals surface area contributed by atoms with Crippen molar-refractivity contribution >= 4 is 41.5 Å². The Bertz CT molecular complexity index is 1210. The second-order valence-electron chi connectivity index (χ2n) is 11.8. The Balaban J connectivity index is 1.19. The van der Waals surface area contributed by atoms with Crippen molar-refractivity contribution in [2.75, 3.05) is 37.7 Å². The van der Waals surface area contributed by atoms with Crippen molar-refractivity contribution in [3.63, 3.8) is 0 Å². The Morgan fingerprint density at radius 3 is 0.864 bits per heavy atom. The zero-order valence-corrected chi connectivity index (χ0v) is 31.4. The molecule has 0 saturated carbocycles. The van der Waals surface area contributed by atoms with Gasteiger partial charge in [-0.05, 0) is 0 Å². The topological polar surface area (TPSA) is 24.1 Å². The van der Waals surface area contributed by atoms with E-state index in [9.17, 15) is 0 Å². The van der Waals surface area contributed by atoms with Gasteiger partial charge in [0.05, 0.1) is 0 Å². The normalized spacial score (nSPS) is 11.9. The van der Waals surface area contributed by atoms with E-state index in [0.717, 1.165) is 38.8 Å². The van der Waals surface area contributed by atoms with Crippen molar-refractivity contribution in [3.8, 4) is 0 Å². The summed E-state index contributed by atoms with van der Waals surface area (Å²) in [6, 6.07) is 43.9.